The zero-order valence-corrected chi connectivity index (χ0v) is 49.9. The van der Waals surface area contributed by atoms with E-state index < -0.39 is 26.5 Å². The summed E-state index contributed by atoms with van der Waals surface area (Å²) in [6.07, 6.45) is 76.3. The lowest BCUT2D eigenvalue weighted by molar-refractivity contribution is -0.870. The second-order valence-electron chi connectivity index (χ2n) is 21.3. The molecule has 0 aromatic carbocycles. The minimum atomic E-state index is -4.63. The van der Waals surface area contributed by atoms with Gasteiger partial charge in [-0.3, -0.25) is 14.2 Å². The van der Waals surface area contributed by atoms with E-state index in [2.05, 4.69) is 111 Å². The molecule has 0 aromatic rings. The Bertz CT molecular complexity index is 1590. The van der Waals surface area contributed by atoms with Crippen LogP contribution in [0.25, 0.3) is 0 Å². The molecule has 0 aliphatic rings. The molecule has 0 heterocycles. The van der Waals surface area contributed by atoms with E-state index in [-0.39, 0.29) is 32.0 Å². The number of hydrogen-bond acceptors (Lipinski definition) is 8. The quantitative estimate of drug-likeness (QED) is 0.0195. The van der Waals surface area contributed by atoms with Crippen molar-refractivity contribution in [2.75, 3.05) is 47.5 Å². The largest absolute Gasteiger partial charge is 0.756 e. The number of phosphoric ester groups is 1. The van der Waals surface area contributed by atoms with Gasteiger partial charge in [-0.25, -0.2) is 0 Å². The van der Waals surface area contributed by atoms with Gasteiger partial charge in [0.2, 0.25) is 0 Å². The van der Waals surface area contributed by atoms with Gasteiger partial charge in [-0.1, -0.05) is 259 Å². The molecule has 0 aromatic heterocycles. The summed E-state index contributed by atoms with van der Waals surface area (Å²) in [7, 11) is 1.17. The fourth-order valence-electron chi connectivity index (χ4n) is 8.20. The molecule has 2 atom stereocenters. The molecule has 0 saturated carbocycles. The molecular formula is C65H114NO8P. The maximum Gasteiger partial charge on any atom is 0.306 e. The first-order valence-corrected chi connectivity index (χ1v) is 31.9. The van der Waals surface area contributed by atoms with Crippen LogP contribution in [0, 0.1) is 0 Å². The number of carbonyl (C=O) groups is 2. The number of esters is 2. The van der Waals surface area contributed by atoms with Gasteiger partial charge in [0.15, 0.2) is 6.10 Å². The standard InChI is InChI=1S/C65H114NO8P/c1-6-8-10-12-14-16-18-19-20-21-22-23-24-25-26-27-28-29-30-31-32-33-34-35-36-37-38-39-40-41-42-43-44-45-46-47-48-50-52-54-56-58-65(68)74-63(62-73-75(69,70)72-60-59-66(3,4)5)61-71-64(67)57-55-53-51-49-17-15-13-11-9-7-2/h8,10,14,16,19-20,22-23,25-26,28-29,31-32,34-35,63H,6-7,9,11-13,15,17-18,21,24,27,30,33,36-62H2,1-5H3/b10-8-,16-14-,20-19-,23-22-,26-25-,29-28-,32-31-,35-34-. The van der Waals surface area contributed by atoms with Crippen LogP contribution < -0.4 is 4.89 Å². The van der Waals surface area contributed by atoms with Gasteiger partial charge in [-0.2, -0.15) is 0 Å². The van der Waals surface area contributed by atoms with E-state index >= 15 is 0 Å². The number of unbranched alkanes of at least 4 members (excludes halogenated alkanes) is 25. The number of quaternary nitrogens is 1. The highest BCUT2D eigenvalue weighted by molar-refractivity contribution is 7.45. The summed E-state index contributed by atoms with van der Waals surface area (Å²) in [4.78, 5) is 37.7. The number of nitrogens with zero attached hydrogens (tertiary/aromatic N) is 1. The topological polar surface area (TPSA) is 111 Å². The van der Waals surface area contributed by atoms with Crippen molar-refractivity contribution in [3.05, 3.63) is 97.2 Å². The summed E-state index contributed by atoms with van der Waals surface area (Å²) in [5, 5.41) is 0. The Morgan fingerprint density at radius 2 is 0.760 bits per heavy atom. The molecule has 0 fully saturated rings. The van der Waals surface area contributed by atoms with E-state index in [0.29, 0.717) is 17.4 Å². The Morgan fingerprint density at radius 1 is 0.427 bits per heavy atom. The van der Waals surface area contributed by atoms with Crippen molar-refractivity contribution in [2.24, 2.45) is 0 Å². The second kappa shape index (κ2) is 55.7. The molecule has 10 heteroatoms. The summed E-state index contributed by atoms with van der Waals surface area (Å²) >= 11 is 0. The molecule has 0 radical (unpaired) electrons. The first kappa shape index (κ1) is 71.9. The van der Waals surface area contributed by atoms with Gasteiger partial charge < -0.3 is 27.9 Å². The lowest BCUT2D eigenvalue weighted by atomic mass is 10.0. The van der Waals surface area contributed by atoms with Crippen molar-refractivity contribution in [1.29, 1.82) is 0 Å². The number of allylic oxidation sites excluding steroid dienone is 16. The maximum atomic E-state index is 12.8. The van der Waals surface area contributed by atoms with Crippen LogP contribution >= 0.6 is 7.82 Å². The highest BCUT2D eigenvalue weighted by atomic mass is 31.2. The van der Waals surface area contributed by atoms with Gasteiger partial charge in [0.25, 0.3) is 7.82 Å². The Labute approximate surface area is 462 Å². The lowest BCUT2D eigenvalue weighted by Gasteiger charge is -2.28. The van der Waals surface area contributed by atoms with E-state index in [9.17, 15) is 19.0 Å². The number of rotatable bonds is 55. The fourth-order valence-corrected chi connectivity index (χ4v) is 8.93. The molecule has 0 N–H and O–H groups in total. The van der Waals surface area contributed by atoms with Crippen LogP contribution in [0.5, 0.6) is 0 Å². The van der Waals surface area contributed by atoms with Gasteiger partial charge in [0, 0.05) is 12.8 Å². The molecule has 0 aliphatic heterocycles. The summed E-state index contributed by atoms with van der Waals surface area (Å²) in [6.45, 7) is 4.11. The van der Waals surface area contributed by atoms with Crippen molar-refractivity contribution >= 4 is 19.8 Å². The predicted octanol–water partition coefficient (Wildman–Crippen LogP) is 18.6. The molecule has 432 valence electrons. The van der Waals surface area contributed by atoms with Crippen molar-refractivity contribution in [2.45, 2.75) is 258 Å². The summed E-state index contributed by atoms with van der Waals surface area (Å²) in [6, 6.07) is 0. The number of hydrogen-bond donors (Lipinski definition) is 0. The van der Waals surface area contributed by atoms with E-state index in [1.54, 1.807) is 0 Å². The Hall–Kier alpha value is -3.07. The zero-order chi connectivity index (χ0) is 54.9. The van der Waals surface area contributed by atoms with Crippen LogP contribution in [0.15, 0.2) is 97.2 Å². The molecule has 0 amide bonds. The molecule has 0 rings (SSSR count). The number of likely N-dealkylation sites (N-methyl/N-ethyl adjacent to an activating group) is 1. The third kappa shape index (κ3) is 60.0. The Kier molecular flexibility index (Phi) is 53.4. The molecule has 75 heavy (non-hydrogen) atoms. The monoisotopic (exact) mass is 1070 g/mol. The highest BCUT2D eigenvalue weighted by Crippen LogP contribution is 2.38. The lowest BCUT2D eigenvalue weighted by Crippen LogP contribution is -2.37. The van der Waals surface area contributed by atoms with Gasteiger partial charge in [-0.05, 0) is 77.0 Å². The van der Waals surface area contributed by atoms with Crippen LogP contribution in [0.1, 0.15) is 251 Å². The highest BCUT2D eigenvalue weighted by Gasteiger charge is 2.22. The molecule has 0 bridgehead atoms. The van der Waals surface area contributed by atoms with Crippen molar-refractivity contribution in [3.8, 4) is 0 Å². The third-order valence-electron chi connectivity index (χ3n) is 12.9. The minimum absolute atomic E-state index is 0.0316. The smallest absolute Gasteiger partial charge is 0.306 e. The maximum absolute atomic E-state index is 12.8. The average molecular weight is 1070 g/mol. The summed E-state index contributed by atoms with van der Waals surface area (Å²) in [5.41, 5.74) is 0. The Balaban J connectivity index is 3.93. The van der Waals surface area contributed by atoms with Gasteiger partial charge >= 0.3 is 11.9 Å². The van der Waals surface area contributed by atoms with Gasteiger partial charge in [0.1, 0.15) is 19.8 Å². The third-order valence-corrected chi connectivity index (χ3v) is 13.8. The summed E-state index contributed by atoms with van der Waals surface area (Å²) in [5.74, 6) is -0.831. The number of phosphoric acid groups is 1. The normalized spacial score (nSPS) is 13.9. The number of ether oxygens (including phenoxy) is 2. The summed E-state index contributed by atoms with van der Waals surface area (Å²) < 4.78 is 34.0. The van der Waals surface area contributed by atoms with Crippen molar-refractivity contribution < 1.29 is 42.1 Å². The Morgan fingerprint density at radius 3 is 1.13 bits per heavy atom. The molecule has 2 unspecified atom stereocenters. The first-order chi connectivity index (χ1) is 36.5. The molecule has 0 spiro atoms. The predicted molar refractivity (Wildman–Crippen MR) is 319 cm³/mol. The molecule has 0 aliphatic carbocycles. The van der Waals surface area contributed by atoms with Crippen LogP contribution in [0.2, 0.25) is 0 Å². The SMILES string of the molecule is CC/C=C\C/C=C\C/C=C\C/C=C\C/C=C\C/C=C\C/C=C\C/C=C\CCCCCCCCCCCCCCCCCCC(=O)OC(COC(=O)CCCCCCCCCCCC)COP(=O)([O-])OCC[N+](C)(C)C. The first-order valence-electron chi connectivity index (χ1n) is 30.4. The van der Waals surface area contributed by atoms with Crippen LogP contribution in [0.3, 0.4) is 0 Å². The van der Waals surface area contributed by atoms with E-state index in [4.69, 9.17) is 18.5 Å². The van der Waals surface area contributed by atoms with Crippen molar-refractivity contribution in [1.82, 2.24) is 0 Å². The minimum Gasteiger partial charge on any atom is -0.756 e. The van der Waals surface area contributed by atoms with E-state index in [1.165, 1.54) is 128 Å². The van der Waals surface area contributed by atoms with E-state index in [1.807, 2.05) is 21.1 Å². The van der Waals surface area contributed by atoms with Crippen LogP contribution in [0.4, 0.5) is 0 Å². The molecule has 0 saturated heterocycles. The van der Waals surface area contributed by atoms with Gasteiger partial charge in [-0.15, -0.1) is 0 Å². The van der Waals surface area contributed by atoms with Gasteiger partial charge in [0.05, 0.1) is 27.7 Å². The second-order valence-corrected chi connectivity index (χ2v) is 22.8. The number of carbonyl (C=O) groups excluding carboxylic acids is 2. The fraction of sp³-hybridized carbons (Fsp3) is 0.723. The average Bonchev–Trinajstić information content (AvgIpc) is 3.37. The van der Waals surface area contributed by atoms with Crippen molar-refractivity contribution in [3.63, 3.8) is 0 Å². The van der Waals surface area contributed by atoms with Crippen LogP contribution in [-0.4, -0.2) is 70.0 Å². The zero-order valence-electron chi connectivity index (χ0n) is 49.0. The van der Waals surface area contributed by atoms with E-state index in [0.717, 1.165) is 89.9 Å². The van der Waals surface area contributed by atoms with Crippen LogP contribution in [-0.2, 0) is 32.7 Å². The molecular weight excluding hydrogens is 954 g/mol. The molecule has 9 nitrogen and oxygen atoms in total.